The molecule has 1 heterocycles. The lowest BCUT2D eigenvalue weighted by Crippen LogP contribution is -2.07. The van der Waals surface area contributed by atoms with E-state index in [1.54, 1.807) is 0 Å². The number of benzene rings is 1. The molecule has 1 N–H and O–H groups in total. The Kier molecular flexibility index (Phi) is 7.02. The van der Waals surface area contributed by atoms with E-state index in [1.165, 1.54) is 5.56 Å². The third-order valence-corrected chi connectivity index (χ3v) is 1.42. The standard InChI is InChI=1S/C7H7NO.2C2H6/c1-2-4-7-6(3-1)5-8-9-7;2*1-2/h1-4,8H,5H2;2*1-2H3. The fraction of sp³-hybridized carbons (Fsp3) is 0.455. The molecule has 2 nitrogen and oxygen atoms in total. The molecule has 0 saturated heterocycles. The fourth-order valence-corrected chi connectivity index (χ4v) is 0.941. The number of nitrogens with one attached hydrogen (secondary N) is 1. The van der Waals surface area contributed by atoms with Crippen LogP contribution in [0.15, 0.2) is 24.3 Å². The van der Waals surface area contributed by atoms with Gasteiger partial charge in [0.2, 0.25) is 0 Å². The summed E-state index contributed by atoms with van der Waals surface area (Å²) in [6.45, 7) is 8.83. The molecule has 0 aliphatic carbocycles. The van der Waals surface area contributed by atoms with Crippen molar-refractivity contribution < 1.29 is 4.84 Å². The van der Waals surface area contributed by atoms with Crippen molar-refractivity contribution in [2.75, 3.05) is 0 Å². The van der Waals surface area contributed by atoms with E-state index in [4.69, 9.17) is 4.84 Å². The van der Waals surface area contributed by atoms with Gasteiger partial charge in [-0.2, -0.15) is 5.48 Å². The Morgan fingerprint density at radius 1 is 1.08 bits per heavy atom. The van der Waals surface area contributed by atoms with E-state index in [0.29, 0.717) is 0 Å². The summed E-state index contributed by atoms with van der Waals surface area (Å²) in [6, 6.07) is 7.98. The number of fused-ring (bicyclic) bond motifs is 1. The number of para-hydroxylation sites is 1. The van der Waals surface area contributed by atoms with E-state index in [9.17, 15) is 0 Å². The molecule has 0 radical (unpaired) electrons. The second-order valence-corrected chi connectivity index (χ2v) is 2.03. The molecular weight excluding hydrogens is 162 g/mol. The maximum absolute atomic E-state index is 5.05. The van der Waals surface area contributed by atoms with Crippen molar-refractivity contribution >= 4 is 0 Å². The first-order chi connectivity index (χ1) is 6.47. The summed E-state index contributed by atoms with van der Waals surface area (Å²) in [6.07, 6.45) is 0. The lowest BCUT2D eigenvalue weighted by Gasteiger charge is -1.91. The molecule has 1 aliphatic rings. The first-order valence-electron chi connectivity index (χ1n) is 4.94. The zero-order chi connectivity index (χ0) is 10.1. The van der Waals surface area contributed by atoms with Gasteiger partial charge in [-0.05, 0) is 6.07 Å². The maximum Gasteiger partial charge on any atom is 0.151 e. The number of hydrogen-bond acceptors (Lipinski definition) is 2. The van der Waals surface area contributed by atoms with Crippen LogP contribution < -0.4 is 10.3 Å². The van der Waals surface area contributed by atoms with Crippen molar-refractivity contribution in [1.29, 1.82) is 0 Å². The number of hydroxylamine groups is 1. The number of rotatable bonds is 0. The van der Waals surface area contributed by atoms with E-state index in [1.807, 2.05) is 45.9 Å². The van der Waals surface area contributed by atoms with Crippen molar-refractivity contribution in [2.24, 2.45) is 0 Å². The second kappa shape index (κ2) is 7.62. The van der Waals surface area contributed by atoms with Crippen LogP contribution >= 0.6 is 0 Å². The predicted octanol–water partition coefficient (Wildman–Crippen LogP) is 3.14. The molecule has 2 heteroatoms. The van der Waals surface area contributed by atoms with Crippen LogP contribution in [-0.4, -0.2) is 0 Å². The summed E-state index contributed by atoms with van der Waals surface area (Å²) < 4.78 is 0. The van der Waals surface area contributed by atoms with Gasteiger partial charge in [-0.15, -0.1) is 0 Å². The Hall–Kier alpha value is -1.02. The van der Waals surface area contributed by atoms with Crippen LogP contribution in [0.2, 0.25) is 0 Å². The molecule has 2 rings (SSSR count). The SMILES string of the molecule is CC.CC.c1ccc2c(c1)CNO2. The average molecular weight is 181 g/mol. The van der Waals surface area contributed by atoms with Crippen LogP contribution in [0, 0.1) is 0 Å². The van der Waals surface area contributed by atoms with Gasteiger partial charge in [0.1, 0.15) is 0 Å². The van der Waals surface area contributed by atoms with Crippen LogP contribution in [0.25, 0.3) is 0 Å². The Bertz CT molecular complexity index is 200. The summed E-state index contributed by atoms with van der Waals surface area (Å²) in [4.78, 5) is 5.05. The van der Waals surface area contributed by atoms with E-state index in [2.05, 4.69) is 11.5 Å². The minimum Gasteiger partial charge on any atom is -0.408 e. The van der Waals surface area contributed by atoms with Gasteiger partial charge >= 0.3 is 0 Å². The minimum absolute atomic E-state index is 0.830. The highest BCUT2D eigenvalue weighted by Crippen LogP contribution is 2.20. The Morgan fingerprint density at radius 3 is 2.31 bits per heavy atom. The van der Waals surface area contributed by atoms with E-state index >= 15 is 0 Å². The van der Waals surface area contributed by atoms with E-state index in [0.717, 1.165) is 12.3 Å². The van der Waals surface area contributed by atoms with Gasteiger partial charge in [-0.1, -0.05) is 45.9 Å². The van der Waals surface area contributed by atoms with Crippen molar-refractivity contribution in [3.63, 3.8) is 0 Å². The van der Waals surface area contributed by atoms with Crippen LogP contribution in [0.4, 0.5) is 0 Å². The van der Waals surface area contributed by atoms with E-state index in [-0.39, 0.29) is 0 Å². The summed E-state index contributed by atoms with van der Waals surface area (Å²) in [5, 5.41) is 0. The molecule has 1 aromatic carbocycles. The van der Waals surface area contributed by atoms with Gasteiger partial charge in [-0.3, -0.25) is 0 Å². The van der Waals surface area contributed by atoms with Gasteiger partial charge in [-0.25, -0.2) is 0 Å². The highest BCUT2D eigenvalue weighted by Gasteiger charge is 2.08. The third kappa shape index (κ3) is 3.47. The van der Waals surface area contributed by atoms with Crippen molar-refractivity contribution in [1.82, 2.24) is 5.48 Å². The topological polar surface area (TPSA) is 21.3 Å². The molecule has 0 bridgehead atoms. The molecule has 0 fully saturated rings. The third-order valence-electron chi connectivity index (χ3n) is 1.42. The van der Waals surface area contributed by atoms with Gasteiger partial charge < -0.3 is 4.84 Å². The molecule has 0 amide bonds. The molecule has 1 aliphatic heterocycles. The molecule has 0 aromatic heterocycles. The maximum atomic E-state index is 5.05. The summed E-state index contributed by atoms with van der Waals surface area (Å²) in [5.74, 6) is 0.956. The molecule has 13 heavy (non-hydrogen) atoms. The minimum atomic E-state index is 0.830. The monoisotopic (exact) mass is 181 g/mol. The van der Waals surface area contributed by atoms with E-state index < -0.39 is 0 Å². The summed E-state index contributed by atoms with van der Waals surface area (Å²) >= 11 is 0. The van der Waals surface area contributed by atoms with Gasteiger partial charge in [0.25, 0.3) is 0 Å². The van der Waals surface area contributed by atoms with Gasteiger partial charge in [0.15, 0.2) is 5.75 Å². The Balaban J connectivity index is 0.000000322. The highest BCUT2D eigenvalue weighted by atomic mass is 16.7. The molecule has 0 atom stereocenters. The first-order valence-corrected chi connectivity index (χ1v) is 4.94. The second-order valence-electron chi connectivity index (χ2n) is 2.03. The average Bonchev–Trinajstić information content (AvgIpc) is 2.71. The van der Waals surface area contributed by atoms with Crippen molar-refractivity contribution in [3.8, 4) is 5.75 Å². The summed E-state index contributed by atoms with van der Waals surface area (Å²) in [7, 11) is 0. The van der Waals surface area contributed by atoms with Crippen molar-refractivity contribution in [2.45, 2.75) is 34.2 Å². The number of hydrogen-bond donors (Lipinski definition) is 1. The van der Waals surface area contributed by atoms with Crippen LogP contribution in [-0.2, 0) is 6.54 Å². The quantitative estimate of drug-likeness (QED) is 0.664. The van der Waals surface area contributed by atoms with Crippen LogP contribution in [0.3, 0.4) is 0 Å². The molecule has 0 saturated carbocycles. The molecule has 74 valence electrons. The van der Waals surface area contributed by atoms with Crippen LogP contribution in [0.1, 0.15) is 33.3 Å². The largest absolute Gasteiger partial charge is 0.408 e. The molecule has 1 aromatic rings. The molecule has 0 unspecified atom stereocenters. The van der Waals surface area contributed by atoms with Crippen molar-refractivity contribution in [3.05, 3.63) is 29.8 Å². The smallest absolute Gasteiger partial charge is 0.151 e. The normalized spacial score (nSPS) is 11.1. The Labute approximate surface area is 80.9 Å². The van der Waals surface area contributed by atoms with Gasteiger partial charge in [0.05, 0.1) is 6.54 Å². The predicted molar refractivity (Wildman–Crippen MR) is 56.6 cm³/mol. The van der Waals surface area contributed by atoms with Crippen LogP contribution in [0.5, 0.6) is 5.75 Å². The lowest BCUT2D eigenvalue weighted by atomic mass is 10.2. The molecular formula is C11H19NO. The lowest BCUT2D eigenvalue weighted by molar-refractivity contribution is 0.224. The zero-order valence-electron chi connectivity index (χ0n) is 8.92. The zero-order valence-corrected chi connectivity index (χ0v) is 8.92. The fourth-order valence-electron chi connectivity index (χ4n) is 0.941. The van der Waals surface area contributed by atoms with Gasteiger partial charge in [0, 0.05) is 5.56 Å². The highest BCUT2D eigenvalue weighted by molar-refractivity contribution is 5.34. The molecule has 0 spiro atoms. The Morgan fingerprint density at radius 2 is 1.69 bits per heavy atom. The summed E-state index contributed by atoms with van der Waals surface area (Å²) in [5.41, 5.74) is 4.02. The first kappa shape index (κ1) is 12.0.